The fourth-order valence-electron chi connectivity index (χ4n) is 2.83. The van der Waals surface area contributed by atoms with E-state index in [9.17, 15) is 13.2 Å². The molecule has 4 rings (SSSR count). The van der Waals surface area contributed by atoms with E-state index in [1.54, 1.807) is 12.1 Å². The molecule has 0 bridgehead atoms. The molecule has 0 radical (unpaired) electrons. The minimum absolute atomic E-state index is 0.0559. The van der Waals surface area contributed by atoms with E-state index < -0.39 is 10.0 Å². The summed E-state index contributed by atoms with van der Waals surface area (Å²) >= 11 is 6.85. The molecule has 0 atom stereocenters. The largest absolute Gasteiger partial charge is 0.400 e. The summed E-state index contributed by atoms with van der Waals surface area (Å²) in [6, 6.07) is 4.54. The van der Waals surface area contributed by atoms with Crippen LogP contribution in [0, 0.1) is 5.92 Å². The average Bonchev–Trinajstić information content (AvgIpc) is 3.43. The molecule has 4 heterocycles. The zero-order valence-corrected chi connectivity index (χ0v) is 16.6. The maximum absolute atomic E-state index is 12.6. The van der Waals surface area contributed by atoms with Crippen LogP contribution in [-0.2, 0) is 14.8 Å². The van der Waals surface area contributed by atoms with Crippen LogP contribution in [0.1, 0.15) is 12.8 Å². The first-order chi connectivity index (χ1) is 13.4. The number of halogens is 1. The van der Waals surface area contributed by atoms with E-state index in [1.807, 2.05) is 0 Å². The fourth-order valence-corrected chi connectivity index (χ4v) is 5.94. The summed E-state index contributed by atoms with van der Waals surface area (Å²) in [7, 11) is -3.59. The number of sulfonamides is 1. The smallest absolute Gasteiger partial charge is 0.322 e. The number of nitrogens with one attached hydrogen (secondary N) is 1. The Labute approximate surface area is 168 Å². The summed E-state index contributed by atoms with van der Waals surface area (Å²) < 4.78 is 37.4. The number of thiophene rings is 1. The molecule has 0 aromatic carbocycles. The molecule has 1 aliphatic heterocycles. The molecule has 148 valence electrons. The molecular formula is C15H14ClN5O5S2. The molecule has 0 aliphatic carbocycles. The first-order valence-electron chi connectivity index (χ1n) is 8.24. The van der Waals surface area contributed by atoms with Crippen molar-refractivity contribution in [2.24, 2.45) is 5.92 Å². The van der Waals surface area contributed by atoms with Gasteiger partial charge in [-0.3, -0.25) is 10.1 Å². The molecule has 1 amide bonds. The molecule has 0 spiro atoms. The molecule has 1 fully saturated rings. The molecule has 10 nitrogen and oxygen atoms in total. The first-order valence-corrected chi connectivity index (χ1v) is 10.9. The Kier molecular flexibility index (Phi) is 5.19. The highest BCUT2D eigenvalue weighted by Gasteiger charge is 2.33. The number of hydrogen-bond acceptors (Lipinski definition) is 9. The highest BCUT2D eigenvalue weighted by atomic mass is 35.5. The second-order valence-electron chi connectivity index (χ2n) is 6.02. The van der Waals surface area contributed by atoms with Gasteiger partial charge in [0, 0.05) is 25.1 Å². The number of amides is 1. The number of rotatable bonds is 5. The number of anilines is 1. The van der Waals surface area contributed by atoms with Gasteiger partial charge < -0.3 is 8.94 Å². The number of aromatic nitrogens is 3. The Hall–Kier alpha value is -2.28. The standard InChI is InChI=1S/C15H14ClN5O5S2/c16-11-1-2-12(27-11)28(23,24)21-7-4-9(5-8-21)13(22)18-15-20-19-14(25-15)10-3-6-17-26-10/h1-3,6,9H,4-5,7-8H2,(H,18,20,22). The van der Waals surface area contributed by atoms with Gasteiger partial charge in [0.1, 0.15) is 4.21 Å². The Balaban J connectivity index is 1.35. The van der Waals surface area contributed by atoms with Crippen molar-refractivity contribution in [1.29, 1.82) is 0 Å². The zero-order chi connectivity index (χ0) is 19.7. The molecule has 1 saturated heterocycles. The lowest BCUT2D eigenvalue weighted by Crippen LogP contribution is -2.41. The fraction of sp³-hybridized carbons (Fsp3) is 0.333. The molecule has 0 saturated carbocycles. The van der Waals surface area contributed by atoms with Gasteiger partial charge >= 0.3 is 6.01 Å². The first kappa shape index (κ1) is 19.1. The molecule has 3 aromatic rings. The van der Waals surface area contributed by atoms with Crippen LogP contribution in [0.25, 0.3) is 11.7 Å². The van der Waals surface area contributed by atoms with Crippen LogP contribution >= 0.6 is 22.9 Å². The van der Waals surface area contributed by atoms with Gasteiger partial charge in [-0.2, -0.15) is 4.31 Å². The number of nitrogens with zero attached hydrogens (tertiary/aromatic N) is 4. The van der Waals surface area contributed by atoms with Gasteiger partial charge in [0.2, 0.25) is 11.7 Å². The maximum atomic E-state index is 12.6. The SMILES string of the molecule is O=C(Nc1nnc(-c2ccno2)o1)C1CCN(S(=O)(=O)c2ccc(Cl)s2)CC1. The summed E-state index contributed by atoms with van der Waals surface area (Å²) in [6.07, 6.45) is 2.20. The van der Waals surface area contributed by atoms with E-state index in [-0.39, 0.29) is 41.0 Å². The monoisotopic (exact) mass is 443 g/mol. The van der Waals surface area contributed by atoms with Crippen molar-refractivity contribution in [3.8, 4) is 11.7 Å². The minimum Gasteiger partial charge on any atom is -0.400 e. The van der Waals surface area contributed by atoms with Crippen LogP contribution < -0.4 is 5.32 Å². The summed E-state index contributed by atoms with van der Waals surface area (Å²) in [5, 5.41) is 13.6. The highest BCUT2D eigenvalue weighted by molar-refractivity contribution is 7.91. The summed E-state index contributed by atoms with van der Waals surface area (Å²) in [4.78, 5) is 12.4. The van der Waals surface area contributed by atoms with Crippen LogP contribution in [0.5, 0.6) is 0 Å². The van der Waals surface area contributed by atoms with Crippen molar-refractivity contribution < 1.29 is 22.2 Å². The van der Waals surface area contributed by atoms with Crippen LogP contribution in [-0.4, -0.2) is 47.1 Å². The Morgan fingerprint density at radius 1 is 1.25 bits per heavy atom. The van der Waals surface area contributed by atoms with Gasteiger partial charge in [0.25, 0.3) is 15.9 Å². The Morgan fingerprint density at radius 2 is 2.04 bits per heavy atom. The average molecular weight is 444 g/mol. The van der Waals surface area contributed by atoms with Crippen LogP contribution in [0.15, 0.2) is 37.5 Å². The number of carbonyl (C=O) groups excluding carboxylic acids is 1. The van der Waals surface area contributed by atoms with E-state index in [1.165, 1.54) is 16.6 Å². The zero-order valence-electron chi connectivity index (χ0n) is 14.2. The summed E-state index contributed by atoms with van der Waals surface area (Å²) in [5.41, 5.74) is 0. The Bertz CT molecular complexity index is 1070. The molecule has 3 aromatic heterocycles. The quantitative estimate of drug-likeness (QED) is 0.636. The van der Waals surface area contributed by atoms with Crippen molar-refractivity contribution in [2.45, 2.75) is 17.1 Å². The van der Waals surface area contributed by atoms with Crippen LogP contribution in [0.2, 0.25) is 4.34 Å². The van der Waals surface area contributed by atoms with E-state index in [2.05, 4.69) is 20.7 Å². The van der Waals surface area contributed by atoms with Crippen molar-refractivity contribution >= 4 is 44.9 Å². The summed E-state index contributed by atoms with van der Waals surface area (Å²) in [5.74, 6) is -0.272. The lowest BCUT2D eigenvalue weighted by molar-refractivity contribution is -0.121. The molecule has 13 heteroatoms. The maximum Gasteiger partial charge on any atom is 0.322 e. The van der Waals surface area contributed by atoms with Gasteiger partial charge in [-0.25, -0.2) is 8.42 Å². The lowest BCUT2D eigenvalue weighted by atomic mass is 9.97. The predicted octanol–water partition coefficient (Wildman–Crippen LogP) is 2.48. The molecular weight excluding hydrogens is 430 g/mol. The highest BCUT2D eigenvalue weighted by Crippen LogP contribution is 2.31. The predicted molar refractivity (Wildman–Crippen MR) is 99.2 cm³/mol. The second kappa shape index (κ2) is 7.62. The van der Waals surface area contributed by atoms with Gasteiger partial charge in [0.05, 0.1) is 10.5 Å². The van der Waals surface area contributed by atoms with E-state index >= 15 is 0 Å². The van der Waals surface area contributed by atoms with Gasteiger partial charge in [-0.05, 0) is 25.0 Å². The van der Waals surface area contributed by atoms with E-state index in [0.717, 1.165) is 11.3 Å². The van der Waals surface area contributed by atoms with Crippen molar-refractivity contribution in [3.63, 3.8) is 0 Å². The number of hydrogen-bond donors (Lipinski definition) is 1. The van der Waals surface area contributed by atoms with E-state index in [4.69, 9.17) is 20.5 Å². The minimum atomic E-state index is -3.59. The third-order valence-electron chi connectivity index (χ3n) is 4.27. The summed E-state index contributed by atoms with van der Waals surface area (Å²) in [6.45, 7) is 0.478. The van der Waals surface area contributed by atoms with Crippen molar-refractivity contribution in [3.05, 3.63) is 28.7 Å². The molecule has 1 aliphatic rings. The Morgan fingerprint density at radius 3 is 2.68 bits per heavy atom. The number of piperidine rings is 1. The molecule has 28 heavy (non-hydrogen) atoms. The van der Waals surface area contributed by atoms with Gasteiger partial charge in [-0.1, -0.05) is 21.9 Å². The topological polar surface area (TPSA) is 131 Å². The second-order valence-corrected chi connectivity index (χ2v) is 9.90. The molecule has 0 unspecified atom stereocenters. The number of carbonyl (C=O) groups is 1. The van der Waals surface area contributed by atoms with Gasteiger partial charge in [0.15, 0.2) is 0 Å². The van der Waals surface area contributed by atoms with E-state index in [0.29, 0.717) is 22.9 Å². The third-order valence-corrected chi connectivity index (χ3v) is 7.87. The van der Waals surface area contributed by atoms with Crippen molar-refractivity contribution in [2.75, 3.05) is 18.4 Å². The van der Waals surface area contributed by atoms with Crippen LogP contribution in [0.4, 0.5) is 6.01 Å². The molecule has 1 N–H and O–H groups in total. The lowest BCUT2D eigenvalue weighted by Gasteiger charge is -2.29. The third kappa shape index (κ3) is 3.81. The normalized spacial score (nSPS) is 16.3. The van der Waals surface area contributed by atoms with Crippen molar-refractivity contribution in [1.82, 2.24) is 19.7 Å². The van der Waals surface area contributed by atoms with Gasteiger partial charge in [-0.15, -0.1) is 16.4 Å². The van der Waals surface area contributed by atoms with Crippen LogP contribution in [0.3, 0.4) is 0 Å².